The number of ether oxygens (including phenoxy) is 3. The maximum atomic E-state index is 14.0. The van der Waals surface area contributed by atoms with Crippen molar-refractivity contribution in [2.45, 2.75) is 75.3 Å². The van der Waals surface area contributed by atoms with Crippen molar-refractivity contribution < 1.29 is 33.4 Å². The van der Waals surface area contributed by atoms with Gasteiger partial charge in [-0.3, -0.25) is 9.59 Å². The number of hydrogen-bond acceptors (Lipinski definition) is 9. The number of carbonyl (C=O) groups excluding carboxylic acids is 4. The van der Waals surface area contributed by atoms with E-state index >= 15 is 0 Å². The van der Waals surface area contributed by atoms with Crippen LogP contribution >= 0.6 is 0 Å². The number of likely N-dealkylation sites (tertiary alicyclic amines) is 2. The first-order valence-electron chi connectivity index (χ1n) is 21.8. The maximum absolute atomic E-state index is 14.0. The second-order valence-corrected chi connectivity index (χ2v) is 16.9. The zero-order chi connectivity index (χ0) is 44.5. The van der Waals surface area contributed by atoms with Gasteiger partial charge in [-0.15, -0.1) is 0 Å². The topological polar surface area (TPSA) is 184 Å². The van der Waals surface area contributed by atoms with Crippen molar-refractivity contribution >= 4 is 34.8 Å². The highest BCUT2D eigenvalue weighted by Crippen LogP contribution is 2.50. The molecule has 4 aromatic carbocycles. The highest BCUT2D eigenvalue weighted by atomic mass is 16.5. The van der Waals surface area contributed by atoms with Gasteiger partial charge in [0.15, 0.2) is 0 Å². The Morgan fingerprint density at radius 3 is 2.05 bits per heavy atom. The number of aromatic nitrogens is 4. The van der Waals surface area contributed by atoms with Gasteiger partial charge in [-0.05, 0) is 90.1 Å². The number of imidazole rings is 2. The molecule has 3 fully saturated rings. The lowest BCUT2D eigenvalue weighted by molar-refractivity contribution is -0.141. The number of nitrogens with zero attached hydrogens (tertiary/aromatic N) is 4. The van der Waals surface area contributed by atoms with Gasteiger partial charge in [0.2, 0.25) is 5.91 Å². The summed E-state index contributed by atoms with van der Waals surface area (Å²) in [6.45, 7) is 2.31. The molecule has 2 saturated heterocycles. The number of aromatic amines is 2. The fraction of sp³-hybridized carbons (Fsp3) is 0.347. The van der Waals surface area contributed by atoms with E-state index in [2.05, 4.69) is 81.3 Å². The SMILES string of the molecule is COC(=O)N[C@H](C(=O)N1[C@@H]2CC[C@@H](C2)[C@H]1c1ncc(-c2ccc(-c3ccc4cc(-c5cnc([C@@H]6CCCN6C(=O)[C@H](NC(=O)OC)c6ccccc6)[nH]5)ccc4c3)cc2)[nH]1)[C@@H](C)OC. The third kappa shape index (κ3) is 8.18. The van der Waals surface area contributed by atoms with Crippen molar-refractivity contribution in [3.8, 4) is 33.6 Å². The Labute approximate surface area is 370 Å². The third-order valence-electron chi connectivity index (χ3n) is 13.2. The predicted molar refractivity (Wildman–Crippen MR) is 239 cm³/mol. The Balaban J connectivity index is 0.886. The van der Waals surface area contributed by atoms with Crippen LogP contribution in [0.15, 0.2) is 103 Å². The van der Waals surface area contributed by atoms with Gasteiger partial charge in [0.05, 0.1) is 56.2 Å². The molecule has 4 N–H and O–H groups in total. The summed E-state index contributed by atoms with van der Waals surface area (Å²) in [5.74, 6) is 1.29. The van der Waals surface area contributed by atoms with Crippen molar-refractivity contribution in [1.82, 2.24) is 40.4 Å². The molecule has 15 nitrogen and oxygen atoms in total. The highest BCUT2D eigenvalue weighted by Gasteiger charge is 2.52. The van der Waals surface area contributed by atoms with Gasteiger partial charge in [-0.1, -0.05) is 78.9 Å². The summed E-state index contributed by atoms with van der Waals surface area (Å²) in [6.07, 6.45) is 6.12. The molecule has 4 amide bonds. The molecule has 15 heteroatoms. The lowest BCUT2D eigenvalue weighted by atomic mass is 9.96. The van der Waals surface area contributed by atoms with Gasteiger partial charge in [-0.25, -0.2) is 19.6 Å². The van der Waals surface area contributed by atoms with Crippen LogP contribution in [0, 0.1) is 5.92 Å². The van der Waals surface area contributed by atoms with Gasteiger partial charge in [0.1, 0.15) is 23.7 Å². The third-order valence-corrected chi connectivity index (χ3v) is 13.2. The normalized spacial score (nSPS) is 20.5. The average molecular weight is 865 g/mol. The molecule has 0 radical (unpaired) electrons. The molecule has 0 unspecified atom stereocenters. The van der Waals surface area contributed by atoms with E-state index in [1.165, 1.54) is 21.3 Å². The molecular weight excluding hydrogens is 813 g/mol. The first-order chi connectivity index (χ1) is 31.1. The van der Waals surface area contributed by atoms with E-state index in [0.29, 0.717) is 17.9 Å². The Hall–Kier alpha value is -7.00. The summed E-state index contributed by atoms with van der Waals surface area (Å²) in [5.41, 5.74) is 6.50. The van der Waals surface area contributed by atoms with Crippen LogP contribution in [0.25, 0.3) is 44.4 Å². The standard InChI is InChI=1S/C49H52N8O7/c1-28(62-2)41(54-48(60)63-3)47(59)57-37-21-20-36(25-37)43(57)45-51-26-38(53-45)30-14-12-29(13-15-30)32-16-17-34-24-35(19-18-33(34)23-32)39-27-50-44(52-39)40-11-8-22-56(40)46(58)42(55-49(61)64-4)31-9-6-5-7-10-31/h5-7,9-10,12-19,23-24,26-28,36-37,40-43H,8,11,20-22,25H2,1-4H3,(H,50,52)(H,51,53)(H,54,60)(H,55,61)/t28-,36+,37-,40+,41+,42-,43+/m1/s1. The molecule has 0 spiro atoms. The van der Waals surface area contributed by atoms with Crippen molar-refractivity contribution in [3.05, 3.63) is 121 Å². The van der Waals surface area contributed by atoms with Crippen molar-refractivity contribution in [3.63, 3.8) is 0 Å². The molecule has 1 aliphatic carbocycles. The monoisotopic (exact) mass is 864 g/mol. The molecule has 4 heterocycles. The number of nitrogens with one attached hydrogen (secondary N) is 4. The van der Waals surface area contributed by atoms with E-state index in [4.69, 9.17) is 24.2 Å². The number of carbonyl (C=O) groups is 4. The highest BCUT2D eigenvalue weighted by molar-refractivity contribution is 5.91. The molecule has 3 aliphatic rings. The second-order valence-electron chi connectivity index (χ2n) is 16.9. The number of fused-ring (bicyclic) bond motifs is 3. The molecule has 9 rings (SSSR count). The van der Waals surface area contributed by atoms with Crippen molar-refractivity contribution in [2.75, 3.05) is 27.9 Å². The molecular formula is C49H52N8O7. The minimum absolute atomic E-state index is 0.0685. The van der Waals surface area contributed by atoms with E-state index in [9.17, 15) is 19.2 Å². The number of piperidine rings is 1. The van der Waals surface area contributed by atoms with Crippen molar-refractivity contribution in [1.29, 1.82) is 0 Å². The van der Waals surface area contributed by atoms with Gasteiger partial charge < -0.3 is 44.6 Å². The molecule has 2 aromatic heterocycles. The first-order valence-corrected chi connectivity index (χ1v) is 21.8. The van der Waals surface area contributed by atoms with Crippen molar-refractivity contribution in [2.24, 2.45) is 5.92 Å². The lowest BCUT2D eigenvalue weighted by Crippen LogP contribution is -2.56. The molecule has 2 aliphatic heterocycles. The Bertz CT molecular complexity index is 2660. The number of benzene rings is 4. The maximum Gasteiger partial charge on any atom is 0.407 e. The van der Waals surface area contributed by atoms with Crippen LogP contribution < -0.4 is 10.6 Å². The van der Waals surface area contributed by atoms with E-state index in [1.54, 1.807) is 11.8 Å². The number of rotatable bonds is 12. The quantitative estimate of drug-likeness (QED) is 0.0952. The second kappa shape index (κ2) is 18.0. The van der Waals surface area contributed by atoms with Crippen LogP contribution in [-0.2, 0) is 23.8 Å². The van der Waals surface area contributed by atoms with Crippen LogP contribution in [0.2, 0.25) is 0 Å². The van der Waals surface area contributed by atoms with Gasteiger partial charge in [-0.2, -0.15) is 0 Å². The van der Waals surface area contributed by atoms with E-state index in [-0.39, 0.29) is 35.9 Å². The van der Waals surface area contributed by atoms with Gasteiger partial charge >= 0.3 is 12.2 Å². The Morgan fingerprint density at radius 1 is 0.703 bits per heavy atom. The Morgan fingerprint density at radius 2 is 1.33 bits per heavy atom. The number of methoxy groups -OCH3 is 3. The summed E-state index contributed by atoms with van der Waals surface area (Å²) >= 11 is 0. The van der Waals surface area contributed by atoms with E-state index in [0.717, 1.165) is 82.3 Å². The number of H-pyrrole nitrogens is 2. The summed E-state index contributed by atoms with van der Waals surface area (Å²) in [4.78, 5) is 72.7. The average Bonchev–Trinajstić information content (AvgIpc) is 4.21. The molecule has 330 valence electrons. The predicted octanol–water partition coefficient (Wildman–Crippen LogP) is 7.86. The zero-order valence-electron chi connectivity index (χ0n) is 36.2. The summed E-state index contributed by atoms with van der Waals surface area (Å²) in [7, 11) is 4.08. The fourth-order valence-electron chi connectivity index (χ4n) is 9.83. The van der Waals surface area contributed by atoms with Gasteiger partial charge in [0, 0.05) is 25.3 Å². The van der Waals surface area contributed by atoms with Gasteiger partial charge in [0.25, 0.3) is 5.91 Å². The number of hydrogen-bond donors (Lipinski definition) is 4. The summed E-state index contributed by atoms with van der Waals surface area (Å²) in [5, 5.41) is 7.58. The fourth-order valence-corrected chi connectivity index (χ4v) is 9.83. The molecule has 64 heavy (non-hydrogen) atoms. The minimum atomic E-state index is -0.892. The van der Waals surface area contributed by atoms with E-state index in [1.807, 2.05) is 47.6 Å². The summed E-state index contributed by atoms with van der Waals surface area (Å²) in [6, 6.07) is 28.1. The first kappa shape index (κ1) is 42.3. The minimum Gasteiger partial charge on any atom is -0.453 e. The molecule has 2 bridgehead atoms. The molecule has 6 aromatic rings. The number of alkyl carbamates (subject to hydrolysis) is 2. The molecule has 1 saturated carbocycles. The summed E-state index contributed by atoms with van der Waals surface area (Å²) < 4.78 is 15.1. The van der Waals surface area contributed by atoms with Crippen LogP contribution in [-0.4, -0.2) is 99.8 Å². The van der Waals surface area contributed by atoms with Crippen LogP contribution in [0.1, 0.15) is 74.4 Å². The van der Waals surface area contributed by atoms with E-state index < -0.39 is 30.4 Å². The zero-order valence-corrected chi connectivity index (χ0v) is 36.2. The Kier molecular flexibility index (Phi) is 11.9. The lowest BCUT2D eigenvalue weighted by Gasteiger charge is -2.37. The van der Waals surface area contributed by atoms with Crippen LogP contribution in [0.4, 0.5) is 9.59 Å². The largest absolute Gasteiger partial charge is 0.453 e. The van der Waals surface area contributed by atoms with Crippen LogP contribution in [0.3, 0.4) is 0 Å². The number of amides is 4. The van der Waals surface area contributed by atoms with Crippen LogP contribution in [0.5, 0.6) is 0 Å². The smallest absolute Gasteiger partial charge is 0.407 e. The molecule has 7 atom stereocenters.